The van der Waals surface area contributed by atoms with E-state index in [0.717, 1.165) is 45.2 Å². The lowest BCUT2D eigenvalue weighted by Gasteiger charge is -2.38. The van der Waals surface area contributed by atoms with E-state index in [1.165, 1.54) is 19.0 Å². The summed E-state index contributed by atoms with van der Waals surface area (Å²) in [5, 5.41) is 0. The van der Waals surface area contributed by atoms with Crippen molar-refractivity contribution in [1.29, 1.82) is 0 Å². The van der Waals surface area contributed by atoms with Gasteiger partial charge in [0.2, 0.25) is 0 Å². The number of hydrogen-bond acceptors (Lipinski definition) is 5. The van der Waals surface area contributed by atoms with Crippen LogP contribution in [-0.4, -0.2) is 49.5 Å². The number of nitrogens with two attached hydrogens (primary N) is 2. The van der Waals surface area contributed by atoms with Crippen molar-refractivity contribution in [2.24, 2.45) is 16.5 Å². The van der Waals surface area contributed by atoms with Crippen LogP contribution in [0.2, 0.25) is 0 Å². The molecule has 2 rings (SSSR count). The molecule has 0 aromatic carbocycles. The molecule has 0 radical (unpaired) electrons. The lowest BCUT2D eigenvalue weighted by Crippen LogP contribution is -2.44. The van der Waals surface area contributed by atoms with Crippen molar-refractivity contribution in [3.05, 3.63) is 11.9 Å². The molecule has 0 aromatic rings. The summed E-state index contributed by atoms with van der Waals surface area (Å²) in [6.07, 6.45) is 7.67. The zero-order valence-electron chi connectivity index (χ0n) is 10.9. The first kappa shape index (κ1) is 13.4. The van der Waals surface area contributed by atoms with Crippen molar-refractivity contribution >= 4 is 6.21 Å². The molecule has 2 heterocycles. The zero-order valence-corrected chi connectivity index (χ0v) is 10.9. The Labute approximate surface area is 109 Å². The van der Waals surface area contributed by atoms with E-state index in [0.29, 0.717) is 11.7 Å². The van der Waals surface area contributed by atoms with Crippen molar-refractivity contribution < 1.29 is 4.74 Å². The van der Waals surface area contributed by atoms with Crippen LogP contribution in [-0.2, 0) is 4.74 Å². The summed E-state index contributed by atoms with van der Waals surface area (Å²) in [6.45, 7) is 4.11. The molecule has 2 fully saturated rings. The predicted octanol–water partition coefficient (Wildman–Crippen LogP) is 0.459. The molecule has 0 atom stereocenters. The molecule has 0 saturated carbocycles. The summed E-state index contributed by atoms with van der Waals surface area (Å²) in [4.78, 5) is 7.08. The van der Waals surface area contributed by atoms with Crippen LogP contribution in [0.1, 0.15) is 25.7 Å². The SMILES string of the molecule is NC=C(N)C=NC1CCN(C2CCOCC2)CC1. The van der Waals surface area contributed by atoms with Crippen LogP contribution in [0.3, 0.4) is 0 Å². The van der Waals surface area contributed by atoms with Gasteiger partial charge in [-0.15, -0.1) is 0 Å². The second-order valence-corrected chi connectivity index (χ2v) is 5.06. The fourth-order valence-corrected chi connectivity index (χ4v) is 2.68. The summed E-state index contributed by atoms with van der Waals surface area (Å²) in [5.41, 5.74) is 11.4. The van der Waals surface area contributed by atoms with Crippen LogP contribution in [0.15, 0.2) is 16.9 Å². The van der Waals surface area contributed by atoms with Gasteiger partial charge >= 0.3 is 0 Å². The number of rotatable bonds is 3. The van der Waals surface area contributed by atoms with Crippen LogP contribution in [0.25, 0.3) is 0 Å². The van der Waals surface area contributed by atoms with Gasteiger partial charge in [-0.05, 0) is 25.7 Å². The fourth-order valence-electron chi connectivity index (χ4n) is 2.68. The third-order valence-corrected chi connectivity index (χ3v) is 3.83. The first-order chi connectivity index (χ1) is 8.79. The highest BCUT2D eigenvalue weighted by Crippen LogP contribution is 2.21. The molecule has 5 nitrogen and oxygen atoms in total. The maximum atomic E-state index is 5.60. The maximum Gasteiger partial charge on any atom is 0.0653 e. The summed E-state index contributed by atoms with van der Waals surface area (Å²) < 4.78 is 5.41. The first-order valence-corrected chi connectivity index (χ1v) is 6.82. The summed E-state index contributed by atoms with van der Waals surface area (Å²) in [6, 6.07) is 1.12. The highest BCUT2D eigenvalue weighted by Gasteiger charge is 2.25. The minimum Gasteiger partial charge on any atom is -0.403 e. The number of likely N-dealkylation sites (tertiary alicyclic amines) is 1. The minimum absolute atomic E-state index is 0.402. The molecule has 2 aliphatic rings. The average molecular weight is 252 g/mol. The molecule has 2 saturated heterocycles. The Hall–Kier alpha value is -1.07. The van der Waals surface area contributed by atoms with E-state index >= 15 is 0 Å². The Morgan fingerprint density at radius 1 is 1.17 bits per heavy atom. The lowest BCUT2D eigenvalue weighted by molar-refractivity contribution is 0.0256. The second-order valence-electron chi connectivity index (χ2n) is 5.06. The van der Waals surface area contributed by atoms with Crippen LogP contribution in [0.4, 0.5) is 0 Å². The first-order valence-electron chi connectivity index (χ1n) is 6.82. The van der Waals surface area contributed by atoms with Gasteiger partial charge in [-0.2, -0.15) is 0 Å². The topological polar surface area (TPSA) is 76.9 Å². The number of nitrogens with zero attached hydrogens (tertiary/aromatic N) is 2. The van der Waals surface area contributed by atoms with E-state index in [9.17, 15) is 0 Å². The van der Waals surface area contributed by atoms with Gasteiger partial charge in [-0.25, -0.2) is 0 Å². The highest BCUT2D eigenvalue weighted by molar-refractivity contribution is 5.77. The van der Waals surface area contributed by atoms with E-state index in [2.05, 4.69) is 9.89 Å². The lowest BCUT2D eigenvalue weighted by atomic mass is 10.00. The van der Waals surface area contributed by atoms with Gasteiger partial charge in [0.05, 0.1) is 11.7 Å². The summed E-state index contributed by atoms with van der Waals surface area (Å²) >= 11 is 0. The second kappa shape index (κ2) is 6.75. The molecule has 0 aliphatic carbocycles. The maximum absolute atomic E-state index is 5.60. The molecular weight excluding hydrogens is 228 g/mol. The van der Waals surface area contributed by atoms with Gasteiger partial charge in [0, 0.05) is 44.8 Å². The van der Waals surface area contributed by atoms with Gasteiger partial charge < -0.3 is 21.1 Å². The molecule has 18 heavy (non-hydrogen) atoms. The van der Waals surface area contributed by atoms with Crippen LogP contribution >= 0.6 is 0 Å². The Bertz CT molecular complexity index is 302. The van der Waals surface area contributed by atoms with Crippen LogP contribution < -0.4 is 11.5 Å². The monoisotopic (exact) mass is 252 g/mol. The number of ether oxygens (including phenoxy) is 1. The van der Waals surface area contributed by atoms with Crippen LogP contribution in [0.5, 0.6) is 0 Å². The molecule has 0 spiro atoms. The van der Waals surface area contributed by atoms with Gasteiger partial charge in [0.1, 0.15) is 0 Å². The fraction of sp³-hybridized carbons (Fsp3) is 0.769. The largest absolute Gasteiger partial charge is 0.403 e. The van der Waals surface area contributed by atoms with E-state index in [-0.39, 0.29) is 0 Å². The van der Waals surface area contributed by atoms with E-state index < -0.39 is 0 Å². The van der Waals surface area contributed by atoms with Crippen LogP contribution in [0, 0.1) is 0 Å². The third-order valence-electron chi connectivity index (χ3n) is 3.83. The molecule has 2 aliphatic heterocycles. The molecule has 0 bridgehead atoms. The van der Waals surface area contributed by atoms with Crippen molar-refractivity contribution in [1.82, 2.24) is 4.90 Å². The van der Waals surface area contributed by atoms with Gasteiger partial charge in [-0.1, -0.05) is 0 Å². The molecular formula is C13H24N4O. The Balaban J connectivity index is 1.75. The van der Waals surface area contributed by atoms with E-state index in [1.807, 2.05) is 0 Å². The van der Waals surface area contributed by atoms with Crippen molar-refractivity contribution in [3.63, 3.8) is 0 Å². The summed E-state index contributed by atoms with van der Waals surface area (Å²) in [7, 11) is 0. The van der Waals surface area contributed by atoms with Gasteiger partial charge in [0.25, 0.3) is 0 Å². The Kier molecular flexibility index (Phi) is 5.01. The molecule has 102 valence electrons. The molecule has 4 N–H and O–H groups in total. The third kappa shape index (κ3) is 3.71. The van der Waals surface area contributed by atoms with Crippen molar-refractivity contribution in [2.45, 2.75) is 37.8 Å². The Morgan fingerprint density at radius 2 is 1.83 bits per heavy atom. The standard InChI is InChI=1S/C13H24N4O/c14-9-11(15)10-16-12-1-5-17(6-2-12)13-3-7-18-8-4-13/h9-10,12-13H,1-8,14-15H2. The highest BCUT2D eigenvalue weighted by atomic mass is 16.5. The van der Waals surface area contributed by atoms with Gasteiger partial charge in [0.15, 0.2) is 0 Å². The molecule has 0 unspecified atom stereocenters. The minimum atomic E-state index is 0.402. The quantitative estimate of drug-likeness (QED) is 0.715. The normalized spacial score (nSPS) is 25.9. The van der Waals surface area contributed by atoms with E-state index in [4.69, 9.17) is 16.2 Å². The average Bonchev–Trinajstić information content (AvgIpc) is 2.46. The molecule has 5 heteroatoms. The summed E-state index contributed by atoms with van der Waals surface area (Å²) in [5.74, 6) is 0. The van der Waals surface area contributed by atoms with Crippen molar-refractivity contribution in [2.75, 3.05) is 26.3 Å². The Morgan fingerprint density at radius 3 is 2.44 bits per heavy atom. The van der Waals surface area contributed by atoms with Gasteiger partial charge in [-0.3, -0.25) is 4.99 Å². The number of aliphatic imine (C=N–C) groups is 1. The number of piperidine rings is 1. The number of allylic oxidation sites excluding steroid dienone is 1. The molecule has 0 amide bonds. The number of hydrogen-bond donors (Lipinski definition) is 2. The van der Waals surface area contributed by atoms with Crippen molar-refractivity contribution in [3.8, 4) is 0 Å². The molecule has 0 aromatic heterocycles. The smallest absolute Gasteiger partial charge is 0.0653 e. The van der Waals surface area contributed by atoms with E-state index in [1.54, 1.807) is 6.21 Å². The zero-order chi connectivity index (χ0) is 12.8. The predicted molar refractivity (Wildman–Crippen MR) is 73.4 cm³/mol.